The zero-order valence-corrected chi connectivity index (χ0v) is 13.3. The number of hydrogen-bond donors (Lipinski definition) is 1. The van der Waals surface area contributed by atoms with Crippen molar-refractivity contribution in [3.63, 3.8) is 0 Å². The van der Waals surface area contributed by atoms with Crippen LogP contribution in [0, 0.1) is 6.92 Å². The number of morpholine rings is 1. The van der Waals surface area contributed by atoms with Crippen LogP contribution in [0.1, 0.15) is 50.0 Å². The minimum atomic E-state index is 0.000671. The Balaban J connectivity index is 1.70. The maximum Gasteiger partial charge on any atom is 0.158 e. The number of ether oxygens (including phenoxy) is 1. The summed E-state index contributed by atoms with van der Waals surface area (Å²) in [7, 11) is 0. The molecule has 0 aromatic carbocycles. The van der Waals surface area contributed by atoms with Crippen molar-refractivity contribution in [1.82, 2.24) is 20.2 Å². The van der Waals surface area contributed by atoms with E-state index in [1.807, 2.05) is 6.92 Å². The molecule has 116 valence electrons. The van der Waals surface area contributed by atoms with Crippen LogP contribution in [0.3, 0.4) is 0 Å². The van der Waals surface area contributed by atoms with Crippen molar-refractivity contribution >= 4 is 0 Å². The summed E-state index contributed by atoms with van der Waals surface area (Å²) in [5.74, 6) is 0.841. The van der Waals surface area contributed by atoms with Crippen molar-refractivity contribution in [2.45, 2.75) is 58.3 Å². The van der Waals surface area contributed by atoms with Crippen LogP contribution in [0.15, 0.2) is 6.07 Å². The molecule has 0 amide bonds. The molecule has 0 spiro atoms. The Kier molecular flexibility index (Phi) is 4.52. The van der Waals surface area contributed by atoms with Gasteiger partial charge < -0.3 is 10.1 Å². The van der Waals surface area contributed by atoms with Crippen LogP contribution in [0.25, 0.3) is 0 Å². The van der Waals surface area contributed by atoms with Gasteiger partial charge in [0.2, 0.25) is 0 Å². The lowest BCUT2D eigenvalue weighted by atomic mass is 10.2. The molecule has 1 saturated heterocycles. The molecular weight excluding hydrogens is 264 g/mol. The lowest BCUT2D eigenvalue weighted by Gasteiger charge is -2.34. The minimum absolute atomic E-state index is 0.000671. The predicted octanol–water partition coefficient (Wildman–Crippen LogP) is 1.82. The lowest BCUT2D eigenvalue weighted by Crippen LogP contribution is -2.42. The third-order valence-electron chi connectivity index (χ3n) is 4.19. The number of rotatable bonds is 5. The van der Waals surface area contributed by atoms with Crippen LogP contribution < -0.4 is 5.32 Å². The van der Waals surface area contributed by atoms with E-state index in [4.69, 9.17) is 9.72 Å². The minimum Gasteiger partial charge on any atom is -0.368 e. The molecule has 21 heavy (non-hydrogen) atoms. The van der Waals surface area contributed by atoms with E-state index in [0.717, 1.165) is 43.5 Å². The predicted molar refractivity (Wildman–Crippen MR) is 82.0 cm³/mol. The van der Waals surface area contributed by atoms with Crippen LogP contribution in [0.5, 0.6) is 0 Å². The summed E-state index contributed by atoms with van der Waals surface area (Å²) in [5, 5.41) is 3.52. The molecule has 0 radical (unpaired) electrons. The van der Waals surface area contributed by atoms with Crippen LogP contribution in [-0.4, -0.2) is 46.6 Å². The number of hydrogen-bond acceptors (Lipinski definition) is 5. The highest BCUT2D eigenvalue weighted by Gasteiger charge is 2.26. The first-order chi connectivity index (χ1) is 10.1. The van der Waals surface area contributed by atoms with Crippen molar-refractivity contribution in [3.05, 3.63) is 23.3 Å². The molecule has 5 nitrogen and oxygen atoms in total. The number of nitrogens with zero attached hydrogens (tertiary/aromatic N) is 3. The summed E-state index contributed by atoms with van der Waals surface area (Å²) in [4.78, 5) is 11.8. The molecule has 1 aliphatic carbocycles. The Hall–Kier alpha value is -1.04. The first-order valence-electron chi connectivity index (χ1n) is 8.05. The van der Waals surface area contributed by atoms with Gasteiger partial charge in [-0.1, -0.05) is 0 Å². The average Bonchev–Trinajstić information content (AvgIpc) is 3.29. The summed E-state index contributed by atoms with van der Waals surface area (Å²) in [6.07, 6.45) is 2.60. The van der Waals surface area contributed by atoms with Gasteiger partial charge in [-0.3, -0.25) is 4.90 Å². The average molecular weight is 290 g/mol. The van der Waals surface area contributed by atoms with E-state index in [1.165, 1.54) is 12.8 Å². The van der Waals surface area contributed by atoms with Crippen molar-refractivity contribution in [2.75, 3.05) is 19.7 Å². The fourth-order valence-electron chi connectivity index (χ4n) is 2.72. The van der Waals surface area contributed by atoms with E-state index in [9.17, 15) is 0 Å². The van der Waals surface area contributed by atoms with E-state index in [-0.39, 0.29) is 6.10 Å². The first-order valence-corrected chi connectivity index (χ1v) is 8.05. The Morgan fingerprint density at radius 2 is 2.19 bits per heavy atom. The van der Waals surface area contributed by atoms with E-state index in [1.54, 1.807) is 0 Å². The standard InChI is InChI=1S/C16H26N4O/c1-11(2)20-6-7-21-15(10-20)16-18-12(3)8-14(19-16)9-17-13-4-5-13/h8,11,13,15,17H,4-7,9-10H2,1-3H3. The van der Waals surface area contributed by atoms with Crippen LogP contribution in [0.2, 0.25) is 0 Å². The van der Waals surface area contributed by atoms with Crippen molar-refractivity contribution < 1.29 is 4.74 Å². The Morgan fingerprint density at radius 1 is 1.38 bits per heavy atom. The molecular formula is C16H26N4O. The van der Waals surface area contributed by atoms with E-state index < -0.39 is 0 Å². The molecule has 1 aromatic rings. The van der Waals surface area contributed by atoms with Gasteiger partial charge in [-0.25, -0.2) is 9.97 Å². The number of aromatic nitrogens is 2. The number of nitrogens with one attached hydrogen (secondary N) is 1. The highest BCUT2D eigenvalue weighted by atomic mass is 16.5. The quantitative estimate of drug-likeness (QED) is 0.896. The summed E-state index contributed by atoms with van der Waals surface area (Å²) in [6, 6.07) is 3.31. The molecule has 1 N–H and O–H groups in total. The van der Waals surface area contributed by atoms with Crippen LogP contribution >= 0.6 is 0 Å². The fourth-order valence-corrected chi connectivity index (χ4v) is 2.72. The van der Waals surface area contributed by atoms with Crippen molar-refractivity contribution in [3.8, 4) is 0 Å². The molecule has 5 heteroatoms. The van der Waals surface area contributed by atoms with Gasteiger partial charge in [0.25, 0.3) is 0 Å². The third-order valence-corrected chi connectivity index (χ3v) is 4.19. The second kappa shape index (κ2) is 6.38. The highest BCUT2D eigenvalue weighted by Crippen LogP contribution is 2.22. The Bertz CT molecular complexity index is 487. The maximum atomic E-state index is 5.91. The Labute approximate surface area is 127 Å². The van der Waals surface area contributed by atoms with Crippen molar-refractivity contribution in [1.29, 1.82) is 0 Å². The van der Waals surface area contributed by atoms with Crippen LogP contribution in [0.4, 0.5) is 0 Å². The second-order valence-corrected chi connectivity index (χ2v) is 6.46. The number of aryl methyl sites for hydroxylation is 1. The molecule has 0 bridgehead atoms. The van der Waals surface area contributed by atoms with Crippen molar-refractivity contribution in [2.24, 2.45) is 0 Å². The van der Waals surface area contributed by atoms with Gasteiger partial charge in [-0.15, -0.1) is 0 Å². The smallest absolute Gasteiger partial charge is 0.158 e. The zero-order valence-electron chi connectivity index (χ0n) is 13.3. The summed E-state index contributed by atoms with van der Waals surface area (Å²) < 4.78 is 5.91. The fraction of sp³-hybridized carbons (Fsp3) is 0.750. The molecule has 2 heterocycles. The topological polar surface area (TPSA) is 50.3 Å². The molecule has 3 rings (SSSR count). The summed E-state index contributed by atoms with van der Waals surface area (Å²) in [6.45, 7) is 9.97. The molecule has 2 aliphatic rings. The van der Waals surface area contributed by atoms with Gasteiger partial charge in [-0.05, 0) is 39.7 Å². The molecule has 1 aromatic heterocycles. The van der Waals surface area contributed by atoms with Gasteiger partial charge in [0.15, 0.2) is 5.82 Å². The highest BCUT2D eigenvalue weighted by molar-refractivity contribution is 5.12. The van der Waals surface area contributed by atoms with E-state index >= 15 is 0 Å². The van der Waals surface area contributed by atoms with Gasteiger partial charge in [0.05, 0.1) is 12.3 Å². The SMILES string of the molecule is Cc1cc(CNC2CC2)nc(C2CN(C(C)C)CCO2)n1. The van der Waals surface area contributed by atoms with Gasteiger partial charge >= 0.3 is 0 Å². The lowest BCUT2D eigenvalue weighted by molar-refractivity contribution is -0.0444. The first kappa shape index (κ1) is 14.9. The molecule has 2 fully saturated rings. The van der Waals surface area contributed by atoms with Gasteiger partial charge in [-0.2, -0.15) is 0 Å². The molecule has 1 aliphatic heterocycles. The molecule has 1 unspecified atom stereocenters. The molecule has 1 saturated carbocycles. The Morgan fingerprint density at radius 3 is 2.90 bits per heavy atom. The normalized spacial score (nSPS) is 23.7. The second-order valence-electron chi connectivity index (χ2n) is 6.46. The van der Waals surface area contributed by atoms with Crippen LogP contribution in [-0.2, 0) is 11.3 Å². The van der Waals surface area contributed by atoms with Gasteiger partial charge in [0, 0.05) is 37.4 Å². The summed E-state index contributed by atoms with van der Waals surface area (Å²) >= 11 is 0. The maximum absolute atomic E-state index is 5.91. The molecule has 1 atom stereocenters. The monoisotopic (exact) mass is 290 g/mol. The van der Waals surface area contributed by atoms with Gasteiger partial charge in [0.1, 0.15) is 6.10 Å². The van der Waals surface area contributed by atoms with E-state index in [2.05, 4.69) is 35.1 Å². The third kappa shape index (κ3) is 3.99. The summed E-state index contributed by atoms with van der Waals surface area (Å²) in [5.41, 5.74) is 2.10. The largest absolute Gasteiger partial charge is 0.368 e. The van der Waals surface area contributed by atoms with E-state index in [0.29, 0.717) is 12.1 Å². The zero-order chi connectivity index (χ0) is 14.8.